The van der Waals surface area contributed by atoms with Gasteiger partial charge in [-0.1, -0.05) is 0 Å². The maximum atomic E-state index is 9.26. The molecule has 0 spiro atoms. The first kappa shape index (κ1) is 12.1. The molecule has 15 heavy (non-hydrogen) atoms. The zero-order valence-electron chi connectivity index (χ0n) is 8.58. The third-order valence-electron chi connectivity index (χ3n) is 2.15. The van der Waals surface area contributed by atoms with Gasteiger partial charge in [0, 0.05) is 12.4 Å². The molecule has 1 aromatic heterocycles. The van der Waals surface area contributed by atoms with Crippen LogP contribution >= 0.6 is 0 Å². The van der Waals surface area contributed by atoms with Gasteiger partial charge in [0.2, 0.25) is 0 Å². The summed E-state index contributed by atoms with van der Waals surface area (Å²) in [6.45, 7) is 1.23. The van der Waals surface area contributed by atoms with Gasteiger partial charge in [0.15, 0.2) is 0 Å². The van der Waals surface area contributed by atoms with Crippen molar-refractivity contribution in [2.24, 2.45) is 0 Å². The van der Waals surface area contributed by atoms with Gasteiger partial charge in [0.1, 0.15) is 24.8 Å². The Morgan fingerprint density at radius 2 is 2.20 bits per heavy atom. The highest BCUT2D eigenvalue weighted by atomic mass is 16.5. The number of ether oxygens (including phenoxy) is 1. The highest BCUT2D eigenvalue weighted by Gasteiger charge is 2.18. The molecule has 1 aromatic rings. The first-order valence-corrected chi connectivity index (χ1v) is 4.68. The lowest BCUT2D eigenvalue weighted by molar-refractivity contribution is -0.101. The number of rotatable bonds is 6. The predicted octanol–water partition coefficient (Wildman–Crippen LogP) is -1.12. The number of aryl methyl sites for hydroxylation is 1. The molecule has 0 aliphatic heterocycles. The van der Waals surface area contributed by atoms with E-state index in [4.69, 9.17) is 14.9 Å². The van der Waals surface area contributed by atoms with Crippen molar-refractivity contribution in [2.45, 2.75) is 25.9 Å². The zero-order chi connectivity index (χ0) is 11.3. The average Bonchev–Trinajstić information content (AvgIpc) is 2.65. The van der Waals surface area contributed by atoms with Gasteiger partial charge in [-0.3, -0.25) is 0 Å². The summed E-state index contributed by atoms with van der Waals surface area (Å²) in [7, 11) is 0. The molecule has 0 aromatic carbocycles. The van der Waals surface area contributed by atoms with Gasteiger partial charge in [-0.2, -0.15) is 0 Å². The number of hydrogen-bond acceptors (Lipinski definition) is 5. The summed E-state index contributed by atoms with van der Waals surface area (Å²) in [4.78, 5) is 3.99. The molecule has 6 heteroatoms. The van der Waals surface area contributed by atoms with E-state index in [2.05, 4.69) is 4.98 Å². The summed E-state index contributed by atoms with van der Waals surface area (Å²) >= 11 is 0. The minimum atomic E-state index is -1.07. The van der Waals surface area contributed by atoms with E-state index in [0.717, 1.165) is 5.82 Å². The maximum Gasteiger partial charge on any atom is 0.124 e. The first-order valence-electron chi connectivity index (χ1n) is 4.68. The van der Waals surface area contributed by atoms with Crippen LogP contribution in [0.1, 0.15) is 5.82 Å². The second-order valence-electron chi connectivity index (χ2n) is 3.21. The average molecular weight is 216 g/mol. The predicted molar refractivity (Wildman–Crippen MR) is 52.0 cm³/mol. The molecule has 0 amide bonds. The number of imidazole rings is 1. The number of aromatic nitrogens is 2. The lowest BCUT2D eigenvalue weighted by Crippen LogP contribution is -2.35. The molecule has 86 valence electrons. The third kappa shape index (κ3) is 3.28. The fraction of sp³-hybridized carbons (Fsp3) is 0.667. The second kappa shape index (κ2) is 5.82. The molecule has 1 rings (SSSR count). The molecule has 0 fully saturated rings. The van der Waals surface area contributed by atoms with Crippen LogP contribution in [-0.2, 0) is 11.5 Å². The lowest BCUT2D eigenvalue weighted by atomic mass is 10.2. The molecule has 0 saturated carbocycles. The first-order chi connectivity index (χ1) is 7.19. The molecule has 0 aliphatic carbocycles. The molecular formula is C9H16N2O4. The van der Waals surface area contributed by atoms with Crippen LogP contribution in [-0.4, -0.2) is 50.3 Å². The van der Waals surface area contributed by atoms with Gasteiger partial charge in [-0.05, 0) is 6.92 Å². The smallest absolute Gasteiger partial charge is 0.124 e. The molecule has 0 saturated heterocycles. The zero-order valence-corrected chi connectivity index (χ0v) is 8.58. The van der Waals surface area contributed by atoms with Crippen LogP contribution < -0.4 is 0 Å². The SMILES string of the molecule is Cc1nccn1CO[C@H](CO)[C@@H](O)CO. The molecular weight excluding hydrogens is 200 g/mol. The highest BCUT2D eigenvalue weighted by molar-refractivity contribution is 4.87. The van der Waals surface area contributed by atoms with Crippen molar-refractivity contribution < 1.29 is 20.1 Å². The Kier molecular flexibility index (Phi) is 4.70. The summed E-state index contributed by atoms with van der Waals surface area (Å²) in [6, 6.07) is 0. The summed E-state index contributed by atoms with van der Waals surface area (Å²) in [5.74, 6) is 0.783. The van der Waals surface area contributed by atoms with E-state index in [9.17, 15) is 5.11 Å². The molecule has 3 N–H and O–H groups in total. The van der Waals surface area contributed by atoms with E-state index in [-0.39, 0.29) is 13.3 Å². The van der Waals surface area contributed by atoms with E-state index in [0.29, 0.717) is 0 Å². The molecule has 2 atom stereocenters. The van der Waals surface area contributed by atoms with Crippen molar-refractivity contribution >= 4 is 0 Å². The largest absolute Gasteiger partial charge is 0.394 e. The Balaban J connectivity index is 2.44. The Hall–Kier alpha value is -0.950. The molecule has 0 unspecified atom stereocenters. The molecule has 6 nitrogen and oxygen atoms in total. The van der Waals surface area contributed by atoms with E-state index in [1.165, 1.54) is 0 Å². The fourth-order valence-electron chi connectivity index (χ4n) is 1.12. The van der Waals surface area contributed by atoms with E-state index in [1.54, 1.807) is 17.0 Å². The van der Waals surface area contributed by atoms with Gasteiger partial charge < -0.3 is 24.6 Å². The van der Waals surface area contributed by atoms with Crippen LogP contribution in [0.3, 0.4) is 0 Å². The summed E-state index contributed by atoms with van der Waals surface area (Å²) in [5, 5.41) is 26.8. The fourth-order valence-corrected chi connectivity index (χ4v) is 1.12. The molecule has 0 aliphatic rings. The Morgan fingerprint density at radius 1 is 1.47 bits per heavy atom. The van der Waals surface area contributed by atoms with Gasteiger partial charge in [0.05, 0.1) is 13.2 Å². The van der Waals surface area contributed by atoms with E-state index >= 15 is 0 Å². The van der Waals surface area contributed by atoms with E-state index < -0.39 is 18.8 Å². The van der Waals surface area contributed by atoms with Crippen LogP contribution in [0.25, 0.3) is 0 Å². The van der Waals surface area contributed by atoms with Crippen LogP contribution in [0.15, 0.2) is 12.4 Å². The lowest BCUT2D eigenvalue weighted by Gasteiger charge is -2.20. The minimum Gasteiger partial charge on any atom is -0.394 e. The monoisotopic (exact) mass is 216 g/mol. The standard InChI is InChI=1S/C9H16N2O4/c1-7-10-2-3-11(7)6-15-9(5-13)8(14)4-12/h2-3,8-9,12-14H,4-6H2,1H3/t8-,9+/m0/s1. The normalized spacial score (nSPS) is 15.2. The van der Waals surface area contributed by atoms with Crippen LogP contribution in [0.4, 0.5) is 0 Å². The van der Waals surface area contributed by atoms with Crippen molar-refractivity contribution in [3.05, 3.63) is 18.2 Å². The Morgan fingerprint density at radius 3 is 2.67 bits per heavy atom. The van der Waals surface area contributed by atoms with Crippen LogP contribution in [0.2, 0.25) is 0 Å². The van der Waals surface area contributed by atoms with Crippen LogP contribution in [0.5, 0.6) is 0 Å². The minimum absolute atomic E-state index is 0.189. The summed E-state index contributed by atoms with van der Waals surface area (Å²) < 4.78 is 6.96. The quantitative estimate of drug-likeness (QED) is 0.560. The summed E-state index contributed by atoms with van der Waals surface area (Å²) in [6.07, 6.45) is 1.51. The van der Waals surface area contributed by atoms with Gasteiger partial charge in [-0.15, -0.1) is 0 Å². The second-order valence-corrected chi connectivity index (χ2v) is 3.21. The Bertz CT molecular complexity index is 289. The molecule has 0 radical (unpaired) electrons. The molecule has 1 heterocycles. The molecule has 0 bridgehead atoms. The topological polar surface area (TPSA) is 87.7 Å². The highest BCUT2D eigenvalue weighted by Crippen LogP contribution is 2.02. The maximum absolute atomic E-state index is 9.26. The van der Waals surface area contributed by atoms with Gasteiger partial charge in [0.25, 0.3) is 0 Å². The van der Waals surface area contributed by atoms with Crippen molar-refractivity contribution in [3.8, 4) is 0 Å². The summed E-state index contributed by atoms with van der Waals surface area (Å²) in [5.41, 5.74) is 0. The third-order valence-corrected chi connectivity index (χ3v) is 2.15. The van der Waals surface area contributed by atoms with Crippen LogP contribution in [0, 0.1) is 6.92 Å². The number of aliphatic hydroxyl groups excluding tert-OH is 3. The van der Waals surface area contributed by atoms with Gasteiger partial charge in [-0.25, -0.2) is 4.98 Å². The van der Waals surface area contributed by atoms with Crippen molar-refractivity contribution in [3.63, 3.8) is 0 Å². The van der Waals surface area contributed by atoms with Crippen molar-refractivity contribution in [1.82, 2.24) is 9.55 Å². The Labute approximate surface area is 87.8 Å². The van der Waals surface area contributed by atoms with Crippen molar-refractivity contribution in [2.75, 3.05) is 13.2 Å². The van der Waals surface area contributed by atoms with Gasteiger partial charge >= 0.3 is 0 Å². The number of nitrogens with zero attached hydrogens (tertiary/aromatic N) is 2. The van der Waals surface area contributed by atoms with Crippen molar-refractivity contribution in [1.29, 1.82) is 0 Å². The van der Waals surface area contributed by atoms with E-state index in [1.807, 2.05) is 6.92 Å². The number of hydrogen-bond donors (Lipinski definition) is 3. The number of aliphatic hydroxyl groups is 3.